The Bertz CT molecular complexity index is 618. The summed E-state index contributed by atoms with van der Waals surface area (Å²) >= 11 is 6.73. The smallest absolute Gasteiger partial charge is 0.227 e. The van der Waals surface area contributed by atoms with Gasteiger partial charge in [0.25, 0.3) is 0 Å². The minimum Gasteiger partial charge on any atom is -0.312 e. The number of hydrogen-bond acceptors (Lipinski definition) is 3. The number of nitrogens with zero attached hydrogens (tertiary/aromatic N) is 1. The van der Waals surface area contributed by atoms with Gasteiger partial charge in [-0.3, -0.25) is 4.79 Å². The van der Waals surface area contributed by atoms with Crippen LogP contribution in [0, 0.1) is 5.92 Å². The van der Waals surface area contributed by atoms with Crippen molar-refractivity contribution in [1.82, 2.24) is 0 Å². The first-order valence-corrected chi connectivity index (χ1v) is 8.82. The van der Waals surface area contributed by atoms with Gasteiger partial charge in [-0.25, -0.2) is 13.6 Å². The second-order valence-electron chi connectivity index (χ2n) is 4.50. The van der Waals surface area contributed by atoms with Gasteiger partial charge >= 0.3 is 0 Å². The highest BCUT2D eigenvalue weighted by Gasteiger charge is 2.32. The number of rotatable bonds is 3. The van der Waals surface area contributed by atoms with E-state index in [1.165, 1.54) is 0 Å². The van der Waals surface area contributed by atoms with Gasteiger partial charge in [-0.15, -0.1) is 0 Å². The van der Waals surface area contributed by atoms with Crippen LogP contribution in [0.15, 0.2) is 27.1 Å². The van der Waals surface area contributed by atoms with Gasteiger partial charge in [-0.05, 0) is 50.1 Å². The maximum atomic E-state index is 11.9. The Morgan fingerprint density at radius 1 is 1.32 bits per heavy atom. The average molecular weight is 412 g/mol. The van der Waals surface area contributed by atoms with E-state index in [0.29, 0.717) is 6.54 Å². The maximum absolute atomic E-state index is 11.9. The van der Waals surface area contributed by atoms with E-state index >= 15 is 0 Å². The molecule has 1 aliphatic rings. The van der Waals surface area contributed by atoms with Crippen molar-refractivity contribution < 1.29 is 13.2 Å². The SMILES string of the molecule is NS(=O)(=O)CC1CC(=O)N(c2ccc(Br)c(Br)c2)C1. The molecular formula is C11H12Br2N2O3S. The topological polar surface area (TPSA) is 80.5 Å². The van der Waals surface area contributed by atoms with E-state index in [4.69, 9.17) is 5.14 Å². The molecule has 1 unspecified atom stereocenters. The molecule has 1 saturated heterocycles. The lowest BCUT2D eigenvalue weighted by molar-refractivity contribution is -0.117. The minimum atomic E-state index is -3.55. The van der Waals surface area contributed by atoms with Crippen LogP contribution in [-0.4, -0.2) is 26.6 Å². The zero-order valence-electron chi connectivity index (χ0n) is 9.84. The number of nitrogens with two attached hydrogens (primary N) is 1. The number of hydrogen-bond donors (Lipinski definition) is 1. The van der Waals surface area contributed by atoms with Crippen molar-refractivity contribution in [2.24, 2.45) is 11.1 Å². The van der Waals surface area contributed by atoms with Crippen molar-refractivity contribution >= 4 is 53.5 Å². The van der Waals surface area contributed by atoms with E-state index in [-0.39, 0.29) is 24.0 Å². The fraction of sp³-hybridized carbons (Fsp3) is 0.364. The van der Waals surface area contributed by atoms with Gasteiger partial charge in [-0.2, -0.15) is 0 Å². The number of carbonyl (C=O) groups is 1. The molecule has 1 amide bonds. The molecule has 0 aliphatic carbocycles. The highest BCUT2D eigenvalue weighted by molar-refractivity contribution is 9.13. The van der Waals surface area contributed by atoms with E-state index in [9.17, 15) is 13.2 Å². The highest BCUT2D eigenvalue weighted by atomic mass is 79.9. The summed E-state index contributed by atoms with van der Waals surface area (Å²) in [5, 5.41) is 5.02. The molecule has 1 heterocycles. The Labute approximate surface area is 128 Å². The molecular weight excluding hydrogens is 400 g/mol. The molecule has 2 rings (SSSR count). The third-order valence-corrected chi connectivity index (χ3v) is 5.70. The van der Waals surface area contributed by atoms with Crippen LogP contribution in [0.2, 0.25) is 0 Å². The molecule has 1 atom stereocenters. The third-order valence-electron chi connectivity index (χ3n) is 2.89. The Balaban J connectivity index is 2.18. The second-order valence-corrected chi connectivity index (χ2v) is 7.87. The molecule has 0 bridgehead atoms. The lowest BCUT2D eigenvalue weighted by Crippen LogP contribution is -2.27. The normalized spacial score (nSPS) is 20.1. The number of halogens is 2. The van der Waals surface area contributed by atoms with Crippen molar-refractivity contribution in [3.63, 3.8) is 0 Å². The van der Waals surface area contributed by atoms with Crippen LogP contribution in [0.4, 0.5) is 5.69 Å². The minimum absolute atomic E-state index is 0.0807. The van der Waals surface area contributed by atoms with Gasteiger partial charge < -0.3 is 4.90 Å². The molecule has 19 heavy (non-hydrogen) atoms. The summed E-state index contributed by atoms with van der Waals surface area (Å²) < 4.78 is 23.9. The molecule has 8 heteroatoms. The summed E-state index contributed by atoms with van der Waals surface area (Å²) in [7, 11) is -3.55. The first-order chi connectivity index (χ1) is 8.76. The lowest BCUT2D eigenvalue weighted by atomic mass is 10.1. The predicted molar refractivity (Wildman–Crippen MR) is 80.3 cm³/mol. The maximum Gasteiger partial charge on any atom is 0.227 e. The van der Waals surface area contributed by atoms with Crippen LogP contribution >= 0.6 is 31.9 Å². The van der Waals surface area contributed by atoms with Gasteiger partial charge in [0.2, 0.25) is 15.9 Å². The van der Waals surface area contributed by atoms with Crippen molar-refractivity contribution in [2.75, 3.05) is 17.2 Å². The van der Waals surface area contributed by atoms with E-state index in [1.54, 1.807) is 4.90 Å². The van der Waals surface area contributed by atoms with Crippen molar-refractivity contribution in [2.45, 2.75) is 6.42 Å². The van der Waals surface area contributed by atoms with Crippen molar-refractivity contribution in [3.05, 3.63) is 27.1 Å². The molecule has 1 aromatic carbocycles. The van der Waals surface area contributed by atoms with Gasteiger partial charge in [0.05, 0.1) is 5.75 Å². The fourth-order valence-electron chi connectivity index (χ4n) is 2.12. The molecule has 2 N–H and O–H groups in total. The Morgan fingerprint density at radius 3 is 2.58 bits per heavy atom. The van der Waals surface area contributed by atoms with Gasteiger partial charge in [0, 0.05) is 33.5 Å². The summed E-state index contributed by atoms with van der Waals surface area (Å²) in [6.07, 6.45) is 0.212. The molecule has 104 valence electrons. The van der Waals surface area contributed by atoms with E-state index in [2.05, 4.69) is 31.9 Å². The predicted octanol–water partition coefficient (Wildman–Crippen LogP) is 1.85. The quantitative estimate of drug-likeness (QED) is 0.823. The molecule has 1 aromatic rings. The number of sulfonamides is 1. The summed E-state index contributed by atoms with van der Waals surface area (Å²) in [5.41, 5.74) is 0.747. The number of carbonyl (C=O) groups excluding carboxylic acids is 1. The summed E-state index contributed by atoms with van der Waals surface area (Å²) in [6.45, 7) is 0.378. The van der Waals surface area contributed by atoms with Crippen LogP contribution in [0.25, 0.3) is 0 Å². The van der Waals surface area contributed by atoms with Gasteiger partial charge in [0.1, 0.15) is 0 Å². The molecule has 0 spiro atoms. The number of anilines is 1. The Kier molecular flexibility index (Phi) is 4.34. The summed E-state index contributed by atoms with van der Waals surface area (Å²) in [6, 6.07) is 5.47. The standard InChI is InChI=1S/C11H12Br2N2O3S/c12-9-2-1-8(4-10(9)13)15-5-7(3-11(15)16)6-19(14,17)18/h1-2,4,7H,3,5-6H2,(H2,14,17,18). The molecule has 0 aromatic heterocycles. The zero-order valence-corrected chi connectivity index (χ0v) is 13.8. The number of amides is 1. The largest absolute Gasteiger partial charge is 0.312 e. The van der Waals surface area contributed by atoms with Gasteiger partial charge in [-0.1, -0.05) is 0 Å². The second kappa shape index (κ2) is 5.51. The average Bonchev–Trinajstić information content (AvgIpc) is 2.61. The lowest BCUT2D eigenvalue weighted by Gasteiger charge is -2.17. The summed E-state index contributed by atoms with van der Waals surface area (Å²) in [4.78, 5) is 13.5. The van der Waals surface area contributed by atoms with Crippen molar-refractivity contribution in [3.8, 4) is 0 Å². The van der Waals surface area contributed by atoms with E-state index < -0.39 is 10.0 Å². The number of primary sulfonamides is 1. The Hall–Kier alpha value is -0.440. The molecule has 1 aliphatic heterocycles. The first kappa shape index (κ1) is 15.0. The highest BCUT2D eigenvalue weighted by Crippen LogP contribution is 2.31. The molecule has 0 radical (unpaired) electrons. The Morgan fingerprint density at radius 2 is 2.00 bits per heavy atom. The first-order valence-electron chi connectivity index (χ1n) is 5.52. The number of benzene rings is 1. The van der Waals surface area contributed by atoms with E-state index in [1.807, 2.05) is 18.2 Å². The van der Waals surface area contributed by atoms with E-state index in [0.717, 1.165) is 14.6 Å². The van der Waals surface area contributed by atoms with Crippen LogP contribution in [0.1, 0.15) is 6.42 Å². The van der Waals surface area contributed by atoms with Crippen LogP contribution < -0.4 is 10.0 Å². The molecule has 1 fully saturated rings. The zero-order chi connectivity index (χ0) is 14.2. The van der Waals surface area contributed by atoms with Crippen LogP contribution in [0.3, 0.4) is 0 Å². The van der Waals surface area contributed by atoms with Crippen molar-refractivity contribution in [1.29, 1.82) is 0 Å². The monoisotopic (exact) mass is 410 g/mol. The van der Waals surface area contributed by atoms with Crippen LogP contribution in [-0.2, 0) is 14.8 Å². The fourth-order valence-corrected chi connectivity index (χ4v) is 3.62. The molecule has 0 saturated carbocycles. The third kappa shape index (κ3) is 3.77. The van der Waals surface area contributed by atoms with Gasteiger partial charge in [0.15, 0.2) is 0 Å². The molecule has 5 nitrogen and oxygen atoms in total. The summed E-state index contributed by atoms with van der Waals surface area (Å²) in [5.74, 6) is -0.486. The van der Waals surface area contributed by atoms with Crippen LogP contribution in [0.5, 0.6) is 0 Å².